The molecule has 0 unspecified atom stereocenters. The lowest BCUT2D eigenvalue weighted by Crippen LogP contribution is -2.12. The molecule has 94 valence electrons. The van der Waals surface area contributed by atoms with Gasteiger partial charge in [0.15, 0.2) is 0 Å². The molecule has 0 aromatic heterocycles. The van der Waals surface area contributed by atoms with Crippen LogP contribution in [-0.4, -0.2) is 7.05 Å². The summed E-state index contributed by atoms with van der Waals surface area (Å²) in [5.41, 5.74) is 9.05. The van der Waals surface area contributed by atoms with Gasteiger partial charge in [-0.15, -0.1) is 0 Å². The lowest BCUT2D eigenvalue weighted by Gasteiger charge is -2.22. The van der Waals surface area contributed by atoms with Crippen LogP contribution in [0.1, 0.15) is 5.56 Å². The number of nitrogens with zero attached hydrogens (tertiary/aromatic N) is 1. The second kappa shape index (κ2) is 4.86. The van der Waals surface area contributed by atoms with Crippen LogP contribution in [0.15, 0.2) is 36.4 Å². The highest BCUT2D eigenvalue weighted by Gasteiger charge is 2.11. The molecule has 0 aliphatic rings. The molecule has 0 atom stereocenters. The maximum atomic E-state index is 13.2. The van der Waals surface area contributed by atoms with Gasteiger partial charge in [-0.25, -0.2) is 4.39 Å². The van der Waals surface area contributed by atoms with Crippen LogP contribution in [0.5, 0.6) is 0 Å². The molecule has 0 saturated heterocycles. The molecule has 2 nitrogen and oxygen atoms in total. The summed E-state index contributed by atoms with van der Waals surface area (Å²) in [5.74, 6) is -0.271. The van der Waals surface area contributed by atoms with E-state index in [-0.39, 0.29) is 5.82 Å². The predicted molar refractivity (Wildman–Crippen MR) is 75.1 cm³/mol. The van der Waals surface area contributed by atoms with E-state index in [0.717, 1.165) is 16.9 Å². The fourth-order valence-corrected chi connectivity index (χ4v) is 2.08. The second-order valence-electron chi connectivity index (χ2n) is 4.18. The van der Waals surface area contributed by atoms with E-state index in [2.05, 4.69) is 0 Å². The lowest BCUT2D eigenvalue weighted by molar-refractivity contribution is 0.628. The molecule has 2 aromatic rings. The van der Waals surface area contributed by atoms with Crippen molar-refractivity contribution in [2.24, 2.45) is 0 Å². The minimum Gasteiger partial charge on any atom is -0.398 e. The number of nitrogens with two attached hydrogens (primary N) is 1. The number of anilines is 3. The molecule has 0 fully saturated rings. The first-order valence-electron chi connectivity index (χ1n) is 5.54. The molecular formula is C14H14ClFN2. The Balaban J connectivity index is 2.49. The first kappa shape index (κ1) is 12.7. The van der Waals surface area contributed by atoms with Crippen LogP contribution < -0.4 is 10.6 Å². The molecule has 0 saturated carbocycles. The first-order valence-corrected chi connectivity index (χ1v) is 5.92. The Morgan fingerprint density at radius 1 is 1.22 bits per heavy atom. The standard InChI is InChI=1S/C14H14ClFN2/c1-9-13(17)6-10(15)7-14(9)18(2)12-5-3-4-11(16)8-12/h3-8H,17H2,1-2H3. The minimum absolute atomic E-state index is 0.271. The van der Waals surface area contributed by atoms with E-state index in [1.807, 2.05) is 31.0 Å². The van der Waals surface area contributed by atoms with Crippen LogP contribution in [0.3, 0.4) is 0 Å². The molecule has 2 N–H and O–H groups in total. The van der Waals surface area contributed by atoms with Crippen molar-refractivity contribution in [2.75, 3.05) is 17.7 Å². The SMILES string of the molecule is Cc1c(N)cc(Cl)cc1N(C)c1cccc(F)c1. The third kappa shape index (κ3) is 2.41. The summed E-state index contributed by atoms with van der Waals surface area (Å²) in [6, 6.07) is 9.91. The van der Waals surface area contributed by atoms with Gasteiger partial charge in [-0.1, -0.05) is 17.7 Å². The summed E-state index contributed by atoms with van der Waals surface area (Å²) in [6.45, 7) is 1.91. The Kier molecular flexibility index (Phi) is 3.43. The van der Waals surface area contributed by atoms with Gasteiger partial charge in [0, 0.05) is 29.1 Å². The Labute approximate surface area is 111 Å². The van der Waals surface area contributed by atoms with Gasteiger partial charge >= 0.3 is 0 Å². The minimum atomic E-state index is -0.271. The summed E-state index contributed by atoms with van der Waals surface area (Å²) in [6.07, 6.45) is 0. The highest BCUT2D eigenvalue weighted by molar-refractivity contribution is 6.31. The topological polar surface area (TPSA) is 29.3 Å². The Morgan fingerprint density at radius 3 is 2.61 bits per heavy atom. The van der Waals surface area contributed by atoms with Crippen LogP contribution in [-0.2, 0) is 0 Å². The zero-order valence-electron chi connectivity index (χ0n) is 10.2. The van der Waals surface area contributed by atoms with Crippen LogP contribution in [0.4, 0.5) is 21.5 Å². The average molecular weight is 265 g/mol. The quantitative estimate of drug-likeness (QED) is 0.826. The van der Waals surface area contributed by atoms with E-state index in [1.165, 1.54) is 12.1 Å². The zero-order chi connectivity index (χ0) is 13.3. The number of rotatable bonds is 2. The molecule has 0 amide bonds. The molecule has 0 radical (unpaired) electrons. The first-order chi connectivity index (χ1) is 8.49. The third-order valence-corrected chi connectivity index (χ3v) is 3.16. The van der Waals surface area contributed by atoms with Crippen molar-refractivity contribution < 1.29 is 4.39 Å². The van der Waals surface area contributed by atoms with Crippen LogP contribution >= 0.6 is 11.6 Å². The highest BCUT2D eigenvalue weighted by atomic mass is 35.5. The smallest absolute Gasteiger partial charge is 0.125 e. The molecule has 2 rings (SSSR count). The molecule has 0 heterocycles. The molecule has 0 bridgehead atoms. The van der Waals surface area contributed by atoms with E-state index in [0.29, 0.717) is 10.7 Å². The number of hydrogen-bond acceptors (Lipinski definition) is 2. The summed E-state index contributed by atoms with van der Waals surface area (Å²) in [5, 5.41) is 0.566. The summed E-state index contributed by atoms with van der Waals surface area (Å²) < 4.78 is 13.2. The van der Waals surface area contributed by atoms with Gasteiger partial charge in [0.2, 0.25) is 0 Å². The normalized spacial score (nSPS) is 10.4. The van der Waals surface area contributed by atoms with Crippen molar-refractivity contribution in [3.8, 4) is 0 Å². The summed E-state index contributed by atoms with van der Waals surface area (Å²) >= 11 is 6.00. The number of halogens is 2. The maximum Gasteiger partial charge on any atom is 0.125 e. The van der Waals surface area contributed by atoms with Crippen molar-refractivity contribution in [3.63, 3.8) is 0 Å². The molecule has 0 aliphatic carbocycles. The van der Waals surface area contributed by atoms with Crippen LogP contribution in [0.2, 0.25) is 5.02 Å². The van der Waals surface area contributed by atoms with Gasteiger partial charge in [-0.2, -0.15) is 0 Å². The second-order valence-corrected chi connectivity index (χ2v) is 4.61. The van der Waals surface area contributed by atoms with Crippen molar-refractivity contribution in [1.29, 1.82) is 0 Å². The fourth-order valence-electron chi connectivity index (χ4n) is 1.86. The predicted octanol–water partition coefficient (Wildman–Crippen LogP) is 4.14. The van der Waals surface area contributed by atoms with Crippen molar-refractivity contribution in [2.45, 2.75) is 6.92 Å². The average Bonchev–Trinajstić information content (AvgIpc) is 2.33. The molecule has 0 spiro atoms. The number of nitrogen functional groups attached to an aromatic ring is 1. The van der Waals surface area contributed by atoms with E-state index < -0.39 is 0 Å². The molecule has 4 heteroatoms. The molecular weight excluding hydrogens is 251 g/mol. The third-order valence-electron chi connectivity index (χ3n) is 2.94. The zero-order valence-corrected chi connectivity index (χ0v) is 11.0. The van der Waals surface area contributed by atoms with Gasteiger partial charge in [0.1, 0.15) is 5.82 Å². The monoisotopic (exact) mass is 264 g/mol. The maximum absolute atomic E-state index is 13.2. The van der Waals surface area contributed by atoms with E-state index in [4.69, 9.17) is 17.3 Å². The van der Waals surface area contributed by atoms with Gasteiger partial charge < -0.3 is 10.6 Å². The molecule has 18 heavy (non-hydrogen) atoms. The van der Waals surface area contributed by atoms with Gasteiger partial charge in [0.05, 0.1) is 0 Å². The van der Waals surface area contributed by atoms with Crippen molar-refractivity contribution >= 4 is 28.7 Å². The van der Waals surface area contributed by atoms with Crippen molar-refractivity contribution in [3.05, 3.63) is 52.8 Å². The van der Waals surface area contributed by atoms with E-state index in [1.54, 1.807) is 12.1 Å². The molecule has 0 aliphatic heterocycles. The van der Waals surface area contributed by atoms with E-state index >= 15 is 0 Å². The van der Waals surface area contributed by atoms with Crippen molar-refractivity contribution in [1.82, 2.24) is 0 Å². The Hall–Kier alpha value is -1.74. The van der Waals surface area contributed by atoms with Gasteiger partial charge in [-0.05, 0) is 42.8 Å². The van der Waals surface area contributed by atoms with E-state index in [9.17, 15) is 4.39 Å². The van der Waals surface area contributed by atoms with Gasteiger partial charge in [0.25, 0.3) is 0 Å². The number of hydrogen-bond donors (Lipinski definition) is 1. The van der Waals surface area contributed by atoms with Crippen LogP contribution in [0.25, 0.3) is 0 Å². The highest BCUT2D eigenvalue weighted by Crippen LogP contribution is 2.33. The summed E-state index contributed by atoms with van der Waals surface area (Å²) in [7, 11) is 1.85. The van der Waals surface area contributed by atoms with Crippen LogP contribution in [0, 0.1) is 12.7 Å². The Morgan fingerprint density at radius 2 is 1.94 bits per heavy atom. The largest absolute Gasteiger partial charge is 0.398 e. The molecule has 2 aromatic carbocycles. The van der Waals surface area contributed by atoms with Gasteiger partial charge in [-0.3, -0.25) is 0 Å². The summed E-state index contributed by atoms with van der Waals surface area (Å²) in [4.78, 5) is 1.86. The lowest BCUT2D eigenvalue weighted by atomic mass is 10.1. The fraction of sp³-hybridized carbons (Fsp3) is 0.143. The Bertz CT molecular complexity index is 584. The number of benzene rings is 2.